The number of carboxylic acid groups (broad SMARTS) is 1. The van der Waals surface area contributed by atoms with Crippen molar-refractivity contribution in [3.05, 3.63) is 0 Å². The van der Waals surface area contributed by atoms with E-state index in [0.717, 1.165) is 12.8 Å². The zero-order valence-corrected chi connectivity index (χ0v) is 10.8. The molecule has 0 aromatic rings. The minimum Gasteiger partial charge on any atom is -0.480 e. The maximum atomic E-state index is 12.3. The summed E-state index contributed by atoms with van der Waals surface area (Å²) in [7, 11) is 0. The van der Waals surface area contributed by atoms with Gasteiger partial charge in [-0.15, -0.1) is 0 Å². The Bertz CT molecular complexity index is 328. The quantitative estimate of drug-likeness (QED) is 0.772. The Balaban J connectivity index is 3.01. The SMILES string of the molecule is CCC(C)(N)C(=O)N1CCCCC1(C)C(=O)O. The molecule has 0 saturated carbocycles. The Kier molecular flexibility index (Phi) is 3.81. The van der Waals surface area contributed by atoms with E-state index in [9.17, 15) is 14.7 Å². The number of hydrogen-bond acceptors (Lipinski definition) is 3. The molecular formula is C12H22N2O3. The van der Waals surface area contributed by atoms with Crippen LogP contribution < -0.4 is 5.73 Å². The number of carbonyl (C=O) groups excluding carboxylic acids is 1. The summed E-state index contributed by atoms with van der Waals surface area (Å²) in [6, 6.07) is 0. The highest BCUT2D eigenvalue weighted by Crippen LogP contribution is 2.30. The number of nitrogens with two attached hydrogens (primary N) is 1. The summed E-state index contributed by atoms with van der Waals surface area (Å²) in [6.07, 6.45) is 2.67. The first-order chi connectivity index (χ1) is 7.75. The third kappa shape index (κ3) is 2.44. The average Bonchev–Trinajstić information content (AvgIpc) is 2.28. The van der Waals surface area contributed by atoms with Crippen LogP contribution in [-0.4, -0.2) is 39.5 Å². The lowest BCUT2D eigenvalue weighted by atomic mass is 9.85. The Hall–Kier alpha value is -1.10. The molecule has 1 aliphatic rings. The fourth-order valence-electron chi connectivity index (χ4n) is 2.13. The highest BCUT2D eigenvalue weighted by molar-refractivity contribution is 5.91. The maximum absolute atomic E-state index is 12.3. The van der Waals surface area contributed by atoms with Crippen LogP contribution in [0.4, 0.5) is 0 Å². The zero-order chi connectivity index (χ0) is 13.3. The lowest BCUT2D eigenvalue weighted by Gasteiger charge is -2.44. The maximum Gasteiger partial charge on any atom is 0.329 e. The standard InChI is InChI=1S/C12H22N2O3/c1-4-11(2,13)9(15)14-8-6-5-7-12(14,3)10(16)17/h4-8,13H2,1-3H3,(H,16,17). The van der Waals surface area contributed by atoms with Crippen LogP contribution in [0.25, 0.3) is 0 Å². The van der Waals surface area contributed by atoms with Crippen LogP contribution in [-0.2, 0) is 9.59 Å². The highest BCUT2D eigenvalue weighted by Gasteiger charge is 2.47. The normalized spacial score (nSPS) is 28.6. The second-order valence-corrected chi connectivity index (χ2v) is 5.26. The molecule has 1 fully saturated rings. The summed E-state index contributed by atoms with van der Waals surface area (Å²) in [5.41, 5.74) is 3.84. The average molecular weight is 242 g/mol. The number of aliphatic carboxylic acids is 1. The van der Waals surface area contributed by atoms with E-state index in [0.29, 0.717) is 19.4 Å². The molecular weight excluding hydrogens is 220 g/mol. The minimum atomic E-state index is -1.11. The van der Waals surface area contributed by atoms with Gasteiger partial charge in [0.2, 0.25) is 5.91 Å². The number of amides is 1. The van der Waals surface area contributed by atoms with Crippen molar-refractivity contribution in [2.24, 2.45) is 5.73 Å². The number of hydrogen-bond donors (Lipinski definition) is 2. The molecule has 2 atom stereocenters. The van der Waals surface area contributed by atoms with Crippen LogP contribution in [0.3, 0.4) is 0 Å². The van der Waals surface area contributed by atoms with Gasteiger partial charge in [-0.3, -0.25) is 4.79 Å². The summed E-state index contributed by atoms with van der Waals surface area (Å²) in [4.78, 5) is 25.1. The Morgan fingerprint density at radius 3 is 2.53 bits per heavy atom. The molecule has 2 unspecified atom stereocenters. The Labute approximate surface area is 102 Å². The molecule has 5 heteroatoms. The number of piperidine rings is 1. The van der Waals surface area contributed by atoms with Gasteiger partial charge in [0.25, 0.3) is 0 Å². The molecule has 17 heavy (non-hydrogen) atoms. The van der Waals surface area contributed by atoms with Crippen LogP contribution in [0.5, 0.6) is 0 Å². The van der Waals surface area contributed by atoms with Crippen molar-refractivity contribution in [1.82, 2.24) is 4.90 Å². The number of carboxylic acids is 1. The van der Waals surface area contributed by atoms with Gasteiger partial charge in [-0.1, -0.05) is 6.92 Å². The molecule has 0 aromatic heterocycles. The third-order valence-corrected chi connectivity index (χ3v) is 3.82. The molecule has 0 radical (unpaired) electrons. The molecule has 0 aliphatic carbocycles. The van der Waals surface area contributed by atoms with E-state index >= 15 is 0 Å². The van der Waals surface area contributed by atoms with Crippen molar-refractivity contribution >= 4 is 11.9 Å². The van der Waals surface area contributed by atoms with Crippen LogP contribution in [0.15, 0.2) is 0 Å². The molecule has 0 spiro atoms. The number of likely N-dealkylation sites (tertiary alicyclic amines) is 1. The van der Waals surface area contributed by atoms with Crippen LogP contribution in [0.2, 0.25) is 0 Å². The highest BCUT2D eigenvalue weighted by atomic mass is 16.4. The number of rotatable bonds is 3. The van der Waals surface area contributed by atoms with E-state index in [4.69, 9.17) is 5.73 Å². The van der Waals surface area contributed by atoms with Gasteiger partial charge in [-0.05, 0) is 39.5 Å². The van der Waals surface area contributed by atoms with Gasteiger partial charge < -0.3 is 15.7 Å². The predicted molar refractivity (Wildman–Crippen MR) is 64.5 cm³/mol. The molecule has 1 amide bonds. The van der Waals surface area contributed by atoms with Crippen LogP contribution in [0.1, 0.15) is 46.5 Å². The van der Waals surface area contributed by atoms with Gasteiger partial charge in [0.1, 0.15) is 5.54 Å². The van der Waals surface area contributed by atoms with Gasteiger partial charge in [-0.2, -0.15) is 0 Å². The van der Waals surface area contributed by atoms with Crippen LogP contribution >= 0.6 is 0 Å². The first kappa shape index (κ1) is 14.0. The topological polar surface area (TPSA) is 83.6 Å². The Morgan fingerprint density at radius 2 is 2.06 bits per heavy atom. The van der Waals surface area contributed by atoms with Gasteiger partial charge >= 0.3 is 5.97 Å². The number of nitrogens with zero attached hydrogens (tertiary/aromatic N) is 1. The van der Waals surface area contributed by atoms with Crippen molar-refractivity contribution in [3.8, 4) is 0 Å². The first-order valence-electron chi connectivity index (χ1n) is 6.10. The second-order valence-electron chi connectivity index (χ2n) is 5.26. The summed E-state index contributed by atoms with van der Waals surface area (Å²) < 4.78 is 0. The monoisotopic (exact) mass is 242 g/mol. The lowest BCUT2D eigenvalue weighted by Crippen LogP contribution is -2.64. The summed E-state index contributed by atoms with van der Waals surface area (Å²) in [6.45, 7) is 5.58. The van der Waals surface area contributed by atoms with Crippen molar-refractivity contribution < 1.29 is 14.7 Å². The van der Waals surface area contributed by atoms with Crippen molar-refractivity contribution in [2.75, 3.05) is 6.54 Å². The first-order valence-corrected chi connectivity index (χ1v) is 6.10. The molecule has 0 bridgehead atoms. The van der Waals surface area contributed by atoms with Gasteiger partial charge in [0, 0.05) is 6.54 Å². The Morgan fingerprint density at radius 1 is 1.47 bits per heavy atom. The van der Waals surface area contributed by atoms with E-state index in [1.165, 1.54) is 4.90 Å². The van der Waals surface area contributed by atoms with E-state index in [1.54, 1.807) is 13.8 Å². The predicted octanol–water partition coefficient (Wildman–Crippen LogP) is 0.970. The zero-order valence-electron chi connectivity index (χ0n) is 10.8. The van der Waals surface area contributed by atoms with Crippen molar-refractivity contribution in [2.45, 2.75) is 57.5 Å². The van der Waals surface area contributed by atoms with Crippen molar-refractivity contribution in [3.63, 3.8) is 0 Å². The lowest BCUT2D eigenvalue weighted by molar-refractivity contribution is -0.163. The fraction of sp³-hybridized carbons (Fsp3) is 0.833. The van der Waals surface area contributed by atoms with Gasteiger partial charge in [0.05, 0.1) is 5.54 Å². The summed E-state index contributed by atoms with van der Waals surface area (Å²) >= 11 is 0. The molecule has 1 aliphatic heterocycles. The molecule has 1 heterocycles. The summed E-state index contributed by atoms with van der Waals surface area (Å²) in [5, 5.41) is 9.32. The van der Waals surface area contributed by atoms with Gasteiger partial charge in [-0.25, -0.2) is 4.79 Å². The number of carbonyl (C=O) groups is 2. The molecule has 1 saturated heterocycles. The summed E-state index contributed by atoms with van der Waals surface area (Å²) in [5.74, 6) is -1.21. The molecule has 5 nitrogen and oxygen atoms in total. The fourth-order valence-corrected chi connectivity index (χ4v) is 2.13. The van der Waals surface area contributed by atoms with Gasteiger partial charge in [0.15, 0.2) is 0 Å². The smallest absolute Gasteiger partial charge is 0.329 e. The molecule has 98 valence electrons. The molecule has 3 N–H and O–H groups in total. The van der Waals surface area contributed by atoms with Crippen molar-refractivity contribution in [1.29, 1.82) is 0 Å². The van der Waals surface area contributed by atoms with E-state index in [-0.39, 0.29) is 5.91 Å². The molecule has 1 rings (SSSR count). The largest absolute Gasteiger partial charge is 0.480 e. The second kappa shape index (κ2) is 4.64. The third-order valence-electron chi connectivity index (χ3n) is 3.82. The van der Waals surface area contributed by atoms with E-state index in [1.807, 2.05) is 6.92 Å². The molecule has 0 aromatic carbocycles. The van der Waals surface area contributed by atoms with E-state index < -0.39 is 17.0 Å². The van der Waals surface area contributed by atoms with E-state index in [2.05, 4.69) is 0 Å². The van der Waals surface area contributed by atoms with Crippen LogP contribution in [0, 0.1) is 0 Å². The minimum absolute atomic E-state index is 0.260.